The molecule has 3 nitrogen and oxygen atoms in total. The van der Waals surface area contributed by atoms with Crippen LogP contribution in [0.3, 0.4) is 0 Å². The van der Waals surface area contributed by atoms with Crippen molar-refractivity contribution in [3.05, 3.63) is 12.3 Å². The maximum atomic E-state index is 5.19. The molecule has 1 fully saturated rings. The first-order chi connectivity index (χ1) is 6.83. The van der Waals surface area contributed by atoms with E-state index in [1.54, 1.807) is 12.3 Å². The summed E-state index contributed by atoms with van der Waals surface area (Å²) in [5, 5.41) is 0. The van der Waals surface area contributed by atoms with Crippen molar-refractivity contribution in [3.8, 4) is 0 Å². The summed E-state index contributed by atoms with van der Waals surface area (Å²) in [6, 6.07) is 0.511. The van der Waals surface area contributed by atoms with E-state index in [1.165, 1.54) is 19.0 Å². The van der Waals surface area contributed by atoms with Crippen LogP contribution in [-0.2, 0) is 0 Å². The monoisotopic (exact) mass is 197 g/mol. The largest absolute Gasteiger partial charge is 0.405 e. The minimum atomic E-state index is 0.511. The van der Waals surface area contributed by atoms with E-state index in [4.69, 9.17) is 5.73 Å². The first-order valence-corrected chi connectivity index (χ1v) is 5.41. The van der Waals surface area contributed by atoms with Gasteiger partial charge >= 0.3 is 0 Å². The average molecular weight is 197 g/mol. The zero-order valence-electron chi connectivity index (χ0n) is 9.61. The summed E-state index contributed by atoms with van der Waals surface area (Å²) < 4.78 is 0. The Morgan fingerprint density at radius 2 is 1.86 bits per heavy atom. The number of nitrogens with zero attached hydrogens (tertiary/aromatic N) is 2. The Labute approximate surface area is 87.7 Å². The van der Waals surface area contributed by atoms with Gasteiger partial charge in [-0.05, 0) is 45.3 Å². The van der Waals surface area contributed by atoms with E-state index in [9.17, 15) is 0 Å². The smallest absolute Gasteiger partial charge is 0.0523 e. The first kappa shape index (κ1) is 13.2. The summed E-state index contributed by atoms with van der Waals surface area (Å²) in [4.78, 5) is 6.73. The molecule has 0 radical (unpaired) electrons. The molecule has 0 aromatic carbocycles. The fourth-order valence-corrected chi connectivity index (χ4v) is 1.37. The Bertz CT molecular complexity index is 167. The molecular weight excluding hydrogens is 174 g/mol. The minimum absolute atomic E-state index is 0.511. The van der Waals surface area contributed by atoms with Crippen molar-refractivity contribution in [1.29, 1.82) is 0 Å². The Kier molecular flexibility index (Phi) is 8.24. The Balaban J connectivity index is 0.000000791. The van der Waals surface area contributed by atoms with Gasteiger partial charge in [0.2, 0.25) is 0 Å². The molecule has 0 aromatic heterocycles. The number of allylic oxidation sites excluding steroid dienone is 1. The van der Waals surface area contributed by atoms with Crippen LogP contribution in [0.4, 0.5) is 0 Å². The second-order valence-electron chi connectivity index (χ2n) is 3.22. The molecule has 1 heterocycles. The van der Waals surface area contributed by atoms with Crippen LogP contribution in [0.15, 0.2) is 17.3 Å². The summed E-state index contributed by atoms with van der Waals surface area (Å²) in [5.74, 6) is 0. The Hall–Kier alpha value is -0.830. The summed E-state index contributed by atoms with van der Waals surface area (Å²) in [7, 11) is 2.15. The number of nitrogens with two attached hydrogens (primary N) is 1. The van der Waals surface area contributed by atoms with Crippen molar-refractivity contribution >= 4 is 6.21 Å². The SMILES string of the molecule is CC.CN1CCC(N=C/C=C\N)CC1. The molecule has 0 spiro atoms. The lowest BCUT2D eigenvalue weighted by atomic mass is 10.1. The van der Waals surface area contributed by atoms with E-state index < -0.39 is 0 Å². The highest BCUT2D eigenvalue weighted by atomic mass is 15.1. The van der Waals surface area contributed by atoms with Gasteiger partial charge in [-0.25, -0.2) is 0 Å². The Morgan fingerprint density at radius 3 is 2.36 bits per heavy atom. The average Bonchev–Trinajstić information content (AvgIpc) is 2.24. The van der Waals surface area contributed by atoms with Gasteiger partial charge in [0.1, 0.15) is 0 Å². The molecule has 0 unspecified atom stereocenters. The van der Waals surface area contributed by atoms with Gasteiger partial charge in [0, 0.05) is 6.21 Å². The zero-order valence-corrected chi connectivity index (χ0v) is 9.61. The molecule has 1 saturated heterocycles. The summed E-state index contributed by atoms with van der Waals surface area (Å²) in [6.07, 6.45) is 7.43. The van der Waals surface area contributed by atoms with Crippen LogP contribution in [0.1, 0.15) is 26.7 Å². The minimum Gasteiger partial charge on any atom is -0.405 e. The summed E-state index contributed by atoms with van der Waals surface area (Å²) in [6.45, 7) is 6.32. The molecule has 0 amide bonds. The van der Waals surface area contributed by atoms with E-state index in [0.717, 1.165) is 13.1 Å². The lowest BCUT2D eigenvalue weighted by molar-refractivity contribution is 0.257. The summed E-state index contributed by atoms with van der Waals surface area (Å²) in [5.41, 5.74) is 5.19. The van der Waals surface area contributed by atoms with Gasteiger partial charge in [0.15, 0.2) is 0 Å². The van der Waals surface area contributed by atoms with Gasteiger partial charge in [-0.1, -0.05) is 13.8 Å². The molecule has 0 aliphatic carbocycles. The highest BCUT2D eigenvalue weighted by molar-refractivity contribution is 5.70. The van der Waals surface area contributed by atoms with Crippen LogP contribution >= 0.6 is 0 Å². The van der Waals surface area contributed by atoms with Crippen molar-refractivity contribution in [2.45, 2.75) is 32.7 Å². The van der Waals surface area contributed by atoms with Crippen LogP contribution in [0.5, 0.6) is 0 Å². The zero-order chi connectivity index (χ0) is 10.8. The van der Waals surface area contributed by atoms with Gasteiger partial charge in [0.05, 0.1) is 6.04 Å². The molecule has 0 bridgehead atoms. The molecule has 0 aromatic rings. The highest BCUT2D eigenvalue weighted by Gasteiger charge is 2.13. The van der Waals surface area contributed by atoms with E-state index in [0.29, 0.717) is 6.04 Å². The number of piperidine rings is 1. The Morgan fingerprint density at radius 1 is 1.29 bits per heavy atom. The maximum absolute atomic E-state index is 5.19. The van der Waals surface area contributed by atoms with Crippen molar-refractivity contribution in [2.24, 2.45) is 10.7 Å². The normalized spacial score (nSPS) is 19.9. The maximum Gasteiger partial charge on any atom is 0.0523 e. The summed E-state index contributed by atoms with van der Waals surface area (Å²) >= 11 is 0. The second kappa shape index (κ2) is 8.75. The van der Waals surface area contributed by atoms with Crippen molar-refractivity contribution in [3.63, 3.8) is 0 Å². The number of hydrogen-bond acceptors (Lipinski definition) is 3. The molecule has 0 saturated carbocycles. The standard InChI is InChI=1S/C9H17N3.C2H6/c1-12-7-3-9(4-8-12)11-6-2-5-10;1-2/h2,5-6,9H,3-4,7-8,10H2,1H3;1-2H3/b5-2-,11-6?;. The third-order valence-electron chi connectivity index (χ3n) is 2.18. The van der Waals surface area contributed by atoms with E-state index in [-0.39, 0.29) is 0 Å². The van der Waals surface area contributed by atoms with Crippen LogP contribution in [0.2, 0.25) is 0 Å². The number of rotatable bonds is 2. The number of likely N-dealkylation sites (tertiary alicyclic amines) is 1. The van der Waals surface area contributed by atoms with Crippen LogP contribution < -0.4 is 5.73 Å². The van der Waals surface area contributed by atoms with Crippen LogP contribution in [-0.4, -0.2) is 37.3 Å². The quantitative estimate of drug-likeness (QED) is 0.684. The number of aliphatic imine (C=N–C) groups is 1. The van der Waals surface area contributed by atoms with Crippen molar-refractivity contribution in [1.82, 2.24) is 4.90 Å². The fraction of sp³-hybridized carbons (Fsp3) is 0.727. The number of hydrogen-bond donors (Lipinski definition) is 1. The van der Waals surface area contributed by atoms with E-state index >= 15 is 0 Å². The van der Waals surface area contributed by atoms with Gasteiger partial charge < -0.3 is 10.6 Å². The molecule has 82 valence electrons. The lowest BCUT2D eigenvalue weighted by Crippen LogP contribution is -2.31. The fourth-order valence-electron chi connectivity index (χ4n) is 1.37. The molecular formula is C11H23N3. The lowest BCUT2D eigenvalue weighted by Gasteiger charge is -2.26. The van der Waals surface area contributed by atoms with Crippen molar-refractivity contribution < 1.29 is 0 Å². The third kappa shape index (κ3) is 5.75. The molecule has 1 aliphatic rings. The van der Waals surface area contributed by atoms with Gasteiger partial charge in [-0.3, -0.25) is 4.99 Å². The van der Waals surface area contributed by atoms with E-state index in [1.807, 2.05) is 13.8 Å². The topological polar surface area (TPSA) is 41.6 Å². The van der Waals surface area contributed by atoms with Crippen molar-refractivity contribution in [2.75, 3.05) is 20.1 Å². The second-order valence-corrected chi connectivity index (χ2v) is 3.22. The van der Waals surface area contributed by atoms with Gasteiger partial charge in [0.25, 0.3) is 0 Å². The third-order valence-corrected chi connectivity index (χ3v) is 2.18. The molecule has 1 rings (SSSR count). The predicted molar refractivity (Wildman–Crippen MR) is 63.7 cm³/mol. The van der Waals surface area contributed by atoms with Gasteiger partial charge in [-0.2, -0.15) is 0 Å². The molecule has 1 aliphatic heterocycles. The first-order valence-electron chi connectivity index (χ1n) is 5.41. The molecule has 0 atom stereocenters. The predicted octanol–water partition coefficient (Wildman–Crippen LogP) is 1.65. The molecule has 2 N–H and O–H groups in total. The van der Waals surface area contributed by atoms with Crippen LogP contribution in [0.25, 0.3) is 0 Å². The highest BCUT2D eigenvalue weighted by Crippen LogP contribution is 2.10. The van der Waals surface area contributed by atoms with E-state index in [2.05, 4.69) is 16.9 Å². The van der Waals surface area contributed by atoms with Gasteiger partial charge in [-0.15, -0.1) is 0 Å². The molecule has 3 heteroatoms. The van der Waals surface area contributed by atoms with Crippen LogP contribution in [0, 0.1) is 0 Å². The molecule has 14 heavy (non-hydrogen) atoms.